The molecule has 0 aliphatic heterocycles. The predicted molar refractivity (Wildman–Crippen MR) is 81.5 cm³/mol. The summed E-state index contributed by atoms with van der Waals surface area (Å²) in [5.74, 6) is -1.08. The average Bonchev–Trinajstić information content (AvgIpc) is 3.11. The van der Waals surface area contributed by atoms with E-state index in [0.717, 1.165) is 29.3 Å². The van der Waals surface area contributed by atoms with E-state index in [4.69, 9.17) is 0 Å². The maximum atomic E-state index is 13.5. The highest BCUT2D eigenvalue weighted by molar-refractivity contribution is 5.78. The van der Waals surface area contributed by atoms with Gasteiger partial charge < -0.3 is 5.32 Å². The molecule has 0 saturated heterocycles. The van der Waals surface area contributed by atoms with Crippen LogP contribution in [0, 0.1) is 11.6 Å². The van der Waals surface area contributed by atoms with E-state index in [-0.39, 0.29) is 24.4 Å². The van der Waals surface area contributed by atoms with E-state index < -0.39 is 11.6 Å². The van der Waals surface area contributed by atoms with Gasteiger partial charge in [0.25, 0.3) is 0 Å². The zero-order valence-corrected chi connectivity index (χ0v) is 12.5. The maximum Gasteiger partial charge on any atom is 0.224 e. The summed E-state index contributed by atoms with van der Waals surface area (Å²) in [7, 11) is 0. The first kappa shape index (κ1) is 15.7. The number of nitrogens with one attached hydrogen (secondary N) is 2. The summed E-state index contributed by atoms with van der Waals surface area (Å²) in [6.07, 6.45) is -0.218. The van der Waals surface area contributed by atoms with Crippen LogP contribution in [0.5, 0.6) is 0 Å². The average molecular weight is 329 g/mol. The van der Waals surface area contributed by atoms with Gasteiger partial charge in [-0.25, -0.2) is 8.78 Å². The van der Waals surface area contributed by atoms with Crippen molar-refractivity contribution in [3.05, 3.63) is 65.2 Å². The van der Waals surface area contributed by atoms with E-state index in [1.165, 1.54) is 0 Å². The molecule has 1 amide bonds. The Bertz CT molecular complexity index is 834. The molecule has 0 aliphatic carbocycles. The van der Waals surface area contributed by atoms with Crippen LogP contribution in [0.3, 0.4) is 0 Å². The van der Waals surface area contributed by atoms with Gasteiger partial charge in [-0.1, -0.05) is 24.3 Å². The summed E-state index contributed by atoms with van der Waals surface area (Å²) in [5.41, 5.74) is 1.68. The molecule has 2 aromatic carbocycles. The number of carbonyl (C=O) groups is 1. The number of aromatic nitrogens is 4. The second kappa shape index (κ2) is 6.95. The van der Waals surface area contributed by atoms with Gasteiger partial charge in [-0.05, 0) is 29.0 Å². The summed E-state index contributed by atoms with van der Waals surface area (Å²) in [6.45, 7) is 0.280. The molecule has 0 spiro atoms. The summed E-state index contributed by atoms with van der Waals surface area (Å²) in [4.78, 5) is 11.9. The number of aromatic amines is 1. The van der Waals surface area contributed by atoms with Gasteiger partial charge in [0.05, 0.1) is 6.42 Å². The van der Waals surface area contributed by atoms with Gasteiger partial charge in [0.2, 0.25) is 11.7 Å². The van der Waals surface area contributed by atoms with Crippen molar-refractivity contribution in [2.24, 2.45) is 0 Å². The van der Waals surface area contributed by atoms with E-state index in [2.05, 4.69) is 25.9 Å². The smallest absolute Gasteiger partial charge is 0.224 e. The van der Waals surface area contributed by atoms with Crippen molar-refractivity contribution in [2.45, 2.75) is 13.0 Å². The third-order valence-corrected chi connectivity index (χ3v) is 3.41. The van der Waals surface area contributed by atoms with Gasteiger partial charge in [-0.15, -0.1) is 10.2 Å². The lowest BCUT2D eigenvalue weighted by atomic mass is 10.1. The van der Waals surface area contributed by atoms with E-state index in [1.54, 1.807) is 12.1 Å². The van der Waals surface area contributed by atoms with Crippen molar-refractivity contribution in [1.82, 2.24) is 25.9 Å². The number of hydrogen-bond donors (Lipinski definition) is 2. The van der Waals surface area contributed by atoms with Crippen LogP contribution in [-0.2, 0) is 17.8 Å². The number of nitrogens with zero attached hydrogens (tertiary/aromatic N) is 3. The second-order valence-electron chi connectivity index (χ2n) is 5.12. The van der Waals surface area contributed by atoms with Gasteiger partial charge in [0.15, 0.2) is 0 Å². The van der Waals surface area contributed by atoms with E-state index in [0.29, 0.717) is 5.82 Å². The van der Waals surface area contributed by atoms with Crippen LogP contribution >= 0.6 is 0 Å². The Labute approximate surface area is 135 Å². The summed E-state index contributed by atoms with van der Waals surface area (Å²) in [6, 6.07) is 10.3. The van der Waals surface area contributed by atoms with Crippen LogP contribution in [0.25, 0.3) is 11.4 Å². The molecule has 3 aromatic rings. The highest BCUT2D eigenvalue weighted by Crippen LogP contribution is 2.14. The molecule has 24 heavy (non-hydrogen) atoms. The first-order chi connectivity index (χ1) is 11.6. The van der Waals surface area contributed by atoms with Crippen LogP contribution in [0.2, 0.25) is 0 Å². The summed E-state index contributed by atoms with van der Waals surface area (Å²) < 4.78 is 26.6. The molecule has 0 unspecified atom stereocenters. The van der Waals surface area contributed by atoms with Crippen molar-refractivity contribution < 1.29 is 13.6 Å². The highest BCUT2D eigenvalue weighted by atomic mass is 19.1. The Hall–Kier alpha value is -3.16. The molecule has 2 N–H and O–H groups in total. The molecule has 0 aliphatic rings. The zero-order chi connectivity index (χ0) is 16.9. The minimum absolute atomic E-state index is 0.0277. The number of amides is 1. The lowest BCUT2D eigenvalue weighted by Crippen LogP contribution is -2.25. The quantitative estimate of drug-likeness (QED) is 0.750. The Kier molecular flexibility index (Phi) is 4.55. The lowest BCUT2D eigenvalue weighted by Gasteiger charge is -2.07. The molecule has 6 nitrogen and oxygen atoms in total. The fourth-order valence-corrected chi connectivity index (χ4v) is 2.17. The van der Waals surface area contributed by atoms with Crippen LogP contribution in [0.4, 0.5) is 8.78 Å². The van der Waals surface area contributed by atoms with Crippen molar-refractivity contribution in [1.29, 1.82) is 0 Å². The third-order valence-electron chi connectivity index (χ3n) is 3.41. The Morgan fingerprint density at radius 3 is 2.62 bits per heavy atom. The number of halogens is 2. The van der Waals surface area contributed by atoms with E-state index in [1.807, 2.05) is 12.1 Å². The van der Waals surface area contributed by atoms with Crippen LogP contribution < -0.4 is 5.32 Å². The van der Waals surface area contributed by atoms with Crippen molar-refractivity contribution in [3.8, 4) is 11.4 Å². The molecular weight excluding hydrogens is 316 g/mol. The van der Waals surface area contributed by atoms with Gasteiger partial charge in [0, 0.05) is 17.7 Å². The van der Waals surface area contributed by atoms with Crippen molar-refractivity contribution >= 4 is 5.91 Å². The number of benzene rings is 2. The SMILES string of the molecule is O=C(Cc1cc(F)ccc1F)NCc1ccc(-c2nn[nH]n2)cc1. The highest BCUT2D eigenvalue weighted by Gasteiger charge is 2.09. The number of rotatable bonds is 5. The van der Waals surface area contributed by atoms with Crippen LogP contribution in [0.1, 0.15) is 11.1 Å². The number of tetrazole rings is 1. The minimum Gasteiger partial charge on any atom is -0.352 e. The first-order valence-electron chi connectivity index (χ1n) is 7.15. The molecule has 1 aromatic heterocycles. The number of H-pyrrole nitrogens is 1. The normalized spacial score (nSPS) is 10.6. The fourth-order valence-electron chi connectivity index (χ4n) is 2.17. The lowest BCUT2D eigenvalue weighted by molar-refractivity contribution is -0.120. The van der Waals surface area contributed by atoms with Crippen LogP contribution in [-0.4, -0.2) is 26.5 Å². The minimum atomic E-state index is -0.601. The molecular formula is C16H13F2N5O. The second-order valence-corrected chi connectivity index (χ2v) is 5.12. The molecule has 0 radical (unpaired) electrons. The Morgan fingerprint density at radius 2 is 1.92 bits per heavy atom. The number of carbonyl (C=O) groups excluding carboxylic acids is 1. The molecule has 8 heteroatoms. The number of hydrogen-bond acceptors (Lipinski definition) is 4. The summed E-state index contributed by atoms with van der Waals surface area (Å²) >= 11 is 0. The third kappa shape index (κ3) is 3.78. The molecule has 0 bridgehead atoms. The molecule has 1 heterocycles. The molecule has 0 fully saturated rings. The van der Waals surface area contributed by atoms with Crippen molar-refractivity contribution in [3.63, 3.8) is 0 Å². The van der Waals surface area contributed by atoms with Crippen LogP contribution in [0.15, 0.2) is 42.5 Å². The van der Waals surface area contributed by atoms with Gasteiger partial charge >= 0.3 is 0 Å². The Morgan fingerprint density at radius 1 is 1.12 bits per heavy atom. The zero-order valence-electron chi connectivity index (χ0n) is 12.5. The maximum absolute atomic E-state index is 13.5. The largest absolute Gasteiger partial charge is 0.352 e. The van der Waals surface area contributed by atoms with Gasteiger partial charge in [0.1, 0.15) is 11.6 Å². The van der Waals surface area contributed by atoms with E-state index >= 15 is 0 Å². The van der Waals surface area contributed by atoms with Gasteiger partial charge in [-0.3, -0.25) is 4.79 Å². The van der Waals surface area contributed by atoms with Gasteiger partial charge in [-0.2, -0.15) is 5.21 Å². The Balaban J connectivity index is 1.57. The molecule has 0 atom stereocenters. The first-order valence-corrected chi connectivity index (χ1v) is 7.15. The molecule has 0 saturated carbocycles. The fraction of sp³-hybridized carbons (Fsp3) is 0.125. The topological polar surface area (TPSA) is 83.6 Å². The molecule has 3 rings (SSSR count). The standard InChI is InChI=1S/C16H13F2N5O/c17-13-5-6-14(18)12(7-13)8-15(24)19-9-10-1-3-11(4-2-10)16-20-22-23-21-16/h1-7H,8-9H2,(H,19,24)(H,20,21,22,23). The monoisotopic (exact) mass is 329 g/mol. The predicted octanol–water partition coefficient (Wildman–Crippen LogP) is 2.00. The van der Waals surface area contributed by atoms with Crippen molar-refractivity contribution in [2.75, 3.05) is 0 Å². The molecule has 122 valence electrons. The summed E-state index contributed by atoms with van der Waals surface area (Å²) in [5, 5.41) is 16.3. The van der Waals surface area contributed by atoms with E-state index in [9.17, 15) is 13.6 Å².